The van der Waals surface area contributed by atoms with Crippen molar-refractivity contribution in [2.24, 2.45) is 5.73 Å². The van der Waals surface area contributed by atoms with E-state index in [0.29, 0.717) is 5.56 Å². The smallest absolute Gasteiger partial charge is 0.221 e. The average Bonchev–Trinajstić information content (AvgIpc) is 2.10. The van der Waals surface area contributed by atoms with Crippen molar-refractivity contribution in [2.75, 3.05) is 0 Å². The van der Waals surface area contributed by atoms with Gasteiger partial charge in [0.1, 0.15) is 0 Å². The minimum absolute atomic E-state index is 0.177. The van der Waals surface area contributed by atoms with Gasteiger partial charge in [-0.25, -0.2) is 4.98 Å². The van der Waals surface area contributed by atoms with Gasteiger partial charge in [0.25, 0.3) is 0 Å². The van der Waals surface area contributed by atoms with E-state index in [1.165, 1.54) is 6.20 Å². The van der Waals surface area contributed by atoms with Crippen molar-refractivity contribution >= 4 is 12.0 Å². The van der Waals surface area contributed by atoms with Gasteiger partial charge < -0.3 is 5.73 Å². The zero-order valence-electron chi connectivity index (χ0n) is 7.83. The Morgan fingerprint density at radius 2 is 2.43 bits per heavy atom. The highest BCUT2D eigenvalue weighted by Crippen LogP contribution is 2.07. The van der Waals surface area contributed by atoms with E-state index >= 15 is 0 Å². The van der Waals surface area contributed by atoms with Gasteiger partial charge in [0.2, 0.25) is 11.9 Å². The van der Waals surface area contributed by atoms with E-state index in [0.717, 1.165) is 5.56 Å². The lowest BCUT2D eigenvalue weighted by atomic mass is 10.2. The Hall–Kier alpha value is -1.71. The van der Waals surface area contributed by atoms with Crippen molar-refractivity contribution in [3.8, 4) is 0 Å². The molecule has 1 aromatic rings. The minimum Gasteiger partial charge on any atom is -0.369 e. The highest BCUT2D eigenvalue weighted by Gasteiger charge is 1.97. The number of nitrogens with two attached hydrogens (primary N) is 1. The molecule has 0 saturated heterocycles. The van der Waals surface area contributed by atoms with Crippen molar-refractivity contribution in [2.45, 2.75) is 13.3 Å². The Kier molecular flexibility index (Phi) is 3.34. The van der Waals surface area contributed by atoms with Gasteiger partial charge in [-0.05, 0) is 18.6 Å². The number of carbonyl (C=O) groups excluding carboxylic acids is 1. The molecule has 0 unspecified atom stereocenters. The zero-order chi connectivity index (χ0) is 10.6. The lowest BCUT2D eigenvalue weighted by Gasteiger charge is -1.96. The van der Waals surface area contributed by atoms with Crippen molar-refractivity contribution in [3.63, 3.8) is 0 Å². The van der Waals surface area contributed by atoms with E-state index in [4.69, 9.17) is 5.73 Å². The number of aryl methyl sites for hydroxylation is 1. The molecule has 0 aromatic carbocycles. The Morgan fingerprint density at radius 3 is 3.00 bits per heavy atom. The third kappa shape index (κ3) is 2.97. The number of nitrogens with zero attached hydrogens (tertiary/aromatic N) is 1. The maximum Gasteiger partial charge on any atom is 0.221 e. The van der Waals surface area contributed by atoms with Gasteiger partial charge in [0.15, 0.2) is 0 Å². The Morgan fingerprint density at radius 1 is 1.71 bits per heavy atom. The summed E-state index contributed by atoms with van der Waals surface area (Å²) < 4.78 is 12.7. The summed E-state index contributed by atoms with van der Waals surface area (Å²) in [5.41, 5.74) is 6.18. The Bertz CT molecular complexity index is 374. The highest BCUT2D eigenvalue weighted by atomic mass is 19.1. The maximum absolute atomic E-state index is 12.7. The molecule has 0 bridgehead atoms. The van der Waals surface area contributed by atoms with Crippen LogP contribution < -0.4 is 5.73 Å². The van der Waals surface area contributed by atoms with Crippen LogP contribution in [0.5, 0.6) is 0 Å². The van der Waals surface area contributed by atoms with Crippen LogP contribution in [0.2, 0.25) is 0 Å². The predicted octanol–water partition coefficient (Wildman–Crippen LogP) is 1.42. The van der Waals surface area contributed by atoms with Gasteiger partial charge in [0, 0.05) is 18.2 Å². The van der Waals surface area contributed by atoms with Crippen LogP contribution in [-0.2, 0) is 4.79 Å². The summed E-state index contributed by atoms with van der Waals surface area (Å²) in [6.07, 6.45) is 4.89. The molecule has 0 aliphatic carbocycles. The molecular weight excluding hydrogens is 183 g/mol. The summed E-state index contributed by atoms with van der Waals surface area (Å²) >= 11 is 0. The molecule has 1 rings (SSSR count). The van der Waals surface area contributed by atoms with Gasteiger partial charge >= 0.3 is 0 Å². The molecular formula is C10H11FN2O. The number of carbonyl (C=O) groups is 1. The number of hydrogen-bond donors (Lipinski definition) is 1. The predicted molar refractivity (Wildman–Crippen MR) is 51.8 cm³/mol. The van der Waals surface area contributed by atoms with Crippen LogP contribution in [0.25, 0.3) is 6.08 Å². The van der Waals surface area contributed by atoms with Crippen molar-refractivity contribution in [3.05, 3.63) is 35.4 Å². The number of pyridine rings is 1. The quantitative estimate of drug-likeness (QED) is 0.740. The number of primary amides is 1. The molecule has 1 amide bonds. The largest absolute Gasteiger partial charge is 0.369 e. The normalized spacial score (nSPS) is 10.7. The fraction of sp³-hybridized carbons (Fsp3) is 0.200. The molecule has 4 heteroatoms. The van der Waals surface area contributed by atoms with E-state index < -0.39 is 11.9 Å². The van der Waals surface area contributed by atoms with Gasteiger partial charge in [-0.15, -0.1) is 0 Å². The summed E-state index contributed by atoms with van der Waals surface area (Å²) in [5, 5.41) is 0. The Labute approximate surface area is 81.5 Å². The molecule has 0 fully saturated rings. The molecule has 2 N–H and O–H groups in total. The standard InChI is InChI=1S/C10H11FN2O/c1-7-5-8(6-13-10(7)11)3-2-4-9(12)14/h2-3,5-6H,4H2,1H3,(H2,12,14). The van der Waals surface area contributed by atoms with Gasteiger partial charge in [-0.1, -0.05) is 12.2 Å². The molecule has 0 saturated carbocycles. The first-order valence-electron chi connectivity index (χ1n) is 4.16. The van der Waals surface area contributed by atoms with Gasteiger partial charge in [-0.2, -0.15) is 4.39 Å². The van der Waals surface area contributed by atoms with Crippen LogP contribution in [0.15, 0.2) is 18.3 Å². The third-order valence-corrected chi connectivity index (χ3v) is 1.66. The van der Waals surface area contributed by atoms with E-state index in [-0.39, 0.29) is 6.42 Å². The van der Waals surface area contributed by atoms with Crippen LogP contribution in [0.4, 0.5) is 4.39 Å². The highest BCUT2D eigenvalue weighted by molar-refractivity contribution is 5.76. The molecule has 0 spiro atoms. The summed E-state index contributed by atoms with van der Waals surface area (Å²) in [5.74, 6) is -0.870. The number of rotatable bonds is 3. The van der Waals surface area contributed by atoms with Gasteiger partial charge in [0.05, 0.1) is 0 Å². The van der Waals surface area contributed by atoms with E-state index in [1.807, 2.05) is 0 Å². The minimum atomic E-state index is -0.475. The second-order valence-electron chi connectivity index (χ2n) is 2.95. The van der Waals surface area contributed by atoms with E-state index in [2.05, 4.69) is 4.98 Å². The first-order chi connectivity index (χ1) is 6.59. The SMILES string of the molecule is Cc1cc(C=CCC(N)=O)cnc1F. The van der Waals surface area contributed by atoms with Crippen LogP contribution in [-0.4, -0.2) is 10.9 Å². The molecule has 0 aliphatic heterocycles. The molecule has 14 heavy (non-hydrogen) atoms. The van der Waals surface area contributed by atoms with Crippen molar-refractivity contribution < 1.29 is 9.18 Å². The van der Waals surface area contributed by atoms with Crippen LogP contribution in [0, 0.1) is 12.9 Å². The lowest BCUT2D eigenvalue weighted by molar-refractivity contribution is -0.117. The lowest BCUT2D eigenvalue weighted by Crippen LogP contribution is -2.07. The van der Waals surface area contributed by atoms with Crippen molar-refractivity contribution in [1.29, 1.82) is 0 Å². The summed E-state index contributed by atoms with van der Waals surface area (Å²) in [4.78, 5) is 13.9. The second-order valence-corrected chi connectivity index (χ2v) is 2.95. The topological polar surface area (TPSA) is 56.0 Å². The first-order valence-corrected chi connectivity index (χ1v) is 4.16. The number of halogens is 1. The first kappa shape index (κ1) is 10.4. The average molecular weight is 194 g/mol. The monoisotopic (exact) mass is 194 g/mol. The summed E-state index contributed by atoms with van der Waals surface area (Å²) in [6, 6.07) is 1.65. The molecule has 1 heterocycles. The number of amides is 1. The summed E-state index contributed by atoms with van der Waals surface area (Å²) in [6.45, 7) is 1.63. The van der Waals surface area contributed by atoms with E-state index in [9.17, 15) is 9.18 Å². The third-order valence-electron chi connectivity index (χ3n) is 1.66. The fourth-order valence-electron chi connectivity index (χ4n) is 0.982. The molecule has 1 aromatic heterocycles. The molecule has 0 atom stereocenters. The van der Waals surface area contributed by atoms with Crippen LogP contribution in [0.1, 0.15) is 17.5 Å². The number of aromatic nitrogens is 1. The van der Waals surface area contributed by atoms with Crippen LogP contribution >= 0.6 is 0 Å². The van der Waals surface area contributed by atoms with Crippen LogP contribution in [0.3, 0.4) is 0 Å². The molecule has 0 aliphatic rings. The molecule has 3 nitrogen and oxygen atoms in total. The summed E-state index contributed by atoms with van der Waals surface area (Å²) in [7, 11) is 0. The number of hydrogen-bond acceptors (Lipinski definition) is 2. The van der Waals surface area contributed by atoms with Crippen molar-refractivity contribution in [1.82, 2.24) is 4.98 Å². The zero-order valence-corrected chi connectivity index (χ0v) is 7.83. The fourth-order valence-corrected chi connectivity index (χ4v) is 0.982. The van der Waals surface area contributed by atoms with Gasteiger partial charge in [-0.3, -0.25) is 4.79 Å². The Balaban J connectivity index is 2.73. The molecule has 0 radical (unpaired) electrons. The maximum atomic E-state index is 12.7. The second kappa shape index (κ2) is 4.50. The van der Waals surface area contributed by atoms with E-state index in [1.54, 1.807) is 25.1 Å². The molecule has 74 valence electrons.